The molecule has 0 unspecified atom stereocenters. The molecule has 0 aliphatic heterocycles. The van der Waals surface area contributed by atoms with E-state index >= 15 is 0 Å². The molecule has 0 amide bonds. The number of carbonyl (C=O) groups is 1. The minimum atomic E-state index is 0.587. The van der Waals surface area contributed by atoms with Gasteiger partial charge in [-0.15, -0.1) is 0 Å². The summed E-state index contributed by atoms with van der Waals surface area (Å²) in [7, 11) is 0. The van der Waals surface area contributed by atoms with Crippen molar-refractivity contribution in [3.05, 3.63) is 29.9 Å². The summed E-state index contributed by atoms with van der Waals surface area (Å²) in [6, 6.07) is 0. The van der Waals surface area contributed by atoms with Crippen LogP contribution in [0, 0.1) is 0 Å². The Bertz CT molecular complexity index is 325. The molecule has 0 atom stereocenters. The molecule has 13 heavy (non-hydrogen) atoms. The summed E-state index contributed by atoms with van der Waals surface area (Å²) in [6.45, 7) is 0. The van der Waals surface area contributed by atoms with Gasteiger partial charge in [-0.2, -0.15) is 0 Å². The number of hydrogen-bond acceptors (Lipinski definition) is 3. The van der Waals surface area contributed by atoms with Crippen molar-refractivity contribution in [1.29, 1.82) is 0 Å². The minimum absolute atomic E-state index is 0.587. The molecule has 0 spiro atoms. The van der Waals surface area contributed by atoms with Crippen LogP contribution in [-0.4, -0.2) is 16.3 Å². The highest BCUT2D eigenvalue weighted by Gasteiger charge is 2.25. The molecule has 0 aromatic carbocycles. The SMILES string of the molecule is O=C/C=C/c1cnc(C2CC2)nc1. The van der Waals surface area contributed by atoms with Gasteiger partial charge in [0, 0.05) is 23.9 Å². The monoisotopic (exact) mass is 174 g/mol. The summed E-state index contributed by atoms with van der Waals surface area (Å²) in [5.74, 6) is 1.52. The van der Waals surface area contributed by atoms with E-state index in [1.54, 1.807) is 18.5 Å². The van der Waals surface area contributed by atoms with Crippen molar-refractivity contribution < 1.29 is 4.79 Å². The standard InChI is InChI=1S/C10H10N2O/c13-5-1-2-8-6-11-10(12-7-8)9-3-4-9/h1-2,5-7,9H,3-4H2/b2-1+. The fraction of sp³-hybridized carbons (Fsp3) is 0.300. The zero-order valence-corrected chi connectivity index (χ0v) is 7.18. The minimum Gasteiger partial charge on any atom is -0.299 e. The first-order valence-corrected chi connectivity index (χ1v) is 4.34. The van der Waals surface area contributed by atoms with Gasteiger partial charge in [0.15, 0.2) is 0 Å². The smallest absolute Gasteiger partial charge is 0.142 e. The summed E-state index contributed by atoms with van der Waals surface area (Å²) in [6.07, 6.45) is 9.81. The van der Waals surface area contributed by atoms with E-state index < -0.39 is 0 Å². The predicted molar refractivity (Wildman–Crippen MR) is 49.1 cm³/mol. The zero-order valence-electron chi connectivity index (χ0n) is 7.18. The lowest BCUT2D eigenvalue weighted by Crippen LogP contribution is -1.91. The maximum atomic E-state index is 10.0. The normalized spacial score (nSPS) is 16.3. The van der Waals surface area contributed by atoms with E-state index in [1.165, 1.54) is 18.9 Å². The highest BCUT2D eigenvalue weighted by atomic mass is 16.1. The van der Waals surface area contributed by atoms with Gasteiger partial charge >= 0.3 is 0 Å². The molecule has 1 fully saturated rings. The number of aldehydes is 1. The second-order valence-electron chi connectivity index (χ2n) is 3.14. The molecule has 0 bridgehead atoms. The van der Waals surface area contributed by atoms with Crippen molar-refractivity contribution >= 4 is 12.4 Å². The molecule has 66 valence electrons. The van der Waals surface area contributed by atoms with Crippen molar-refractivity contribution in [2.45, 2.75) is 18.8 Å². The Labute approximate surface area is 76.5 Å². The number of carbonyl (C=O) groups excluding carboxylic acids is 1. The number of allylic oxidation sites excluding steroid dienone is 1. The van der Waals surface area contributed by atoms with Crippen molar-refractivity contribution in [2.75, 3.05) is 0 Å². The lowest BCUT2D eigenvalue weighted by Gasteiger charge is -1.95. The summed E-state index contributed by atoms with van der Waals surface area (Å²) in [5.41, 5.74) is 0.872. The van der Waals surface area contributed by atoms with Gasteiger partial charge in [0.05, 0.1) is 0 Å². The van der Waals surface area contributed by atoms with E-state index in [1.807, 2.05) is 0 Å². The van der Waals surface area contributed by atoms with Crippen LogP contribution >= 0.6 is 0 Å². The van der Waals surface area contributed by atoms with Crippen LogP contribution in [0.1, 0.15) is 30.1 Å². The topological polar surface area (TPSA) is 42.9 Å². The number of aromatic nitrogens is 2. The fourth-order valence-corrected chi connectivity index (χ4v) is 1.14. The molecule has 0 radical (unpaired) electrons. The second-order valence-corrected chi connectivity index (χ2v) is 3.14. The fourth-order valence-electron chi connectivity index (χ4n) is 1.14. The molecular formula is C10H10N2O. The first kappa shape index (κ1) is 8.10. The molecule has 0 saturated heterocycles. The largest absolute Gasteiger partial charge is 0.299 e. The average molecular weight is 174 g/mol. The van der Waals surface area contributed by atoms with Crippen LogP contribution in [0.3, 0.4) is 0 Å². The average Bonchev–Trinajstić information content (AvgIpc) is 2.99. The predicted octanol–water partition coefficient (Wildman–Crippen LogP) is 1.57. The summed E-state index contributed by atoms with van der Waals surface area (Å²) in [4.78, 5) is 18.5. The molecule has 1 aromatic heterocycles. The molecule has 1 aliphatic rings. The zero-order chi connectivity index (χ0) is 9.10. The van der Waals surface area contributed by atoms with E-state index in [-0.39, 0.29) is 0 Å². The van der Waals surface area contributed by atoms with E-state index in [0.717, 1.165) is 17.7 Å². The molecule has 3 heteroatoms. The van der Waals surface area contributed by atoms with E-state index in [0.29, 0.717) is 5.92 Å². The van der Waals surface area contributed by atoms with Crippen LogP contribution < -0.4 is 0 Å². The molecule has 0 N–H and O–H groups in total. The molecular weight excluding hydrogens is 164 g/mol. The van der Waals surface area contributed by atoms with Gasteiger partial charge in [-0.1, -0.05) is 0 Å². The third-order valence-corrected chi connectivity index (χ3v) is 2.00. The van der Waals surface area contributed by atoms with Crippen LogP contribution in [0.5, 0.6) is 0 Å². The van der Waals surface area contributed by atoms with E-state index in [2.05, 4.69) is 9.97 Å². The highest BCUT2D eigenvalue weighted by Crippen LogP contribution is 2.37. The van der Waals surface area contributed by atoms with Crippen molar-refractivity contribution in [3.63, 3.8) is 0 Å². The maximum absolute atomic E-state index is 10.0. The first-order chi connectivity index (χ1) is 6.40. The van der Waals surface area contributed by atoms with E-state index in [4.69, 9.17) is 0 Å². The van der Waals surface area contributed by atoms with Gasteiger partial charge in [-0.3, -0.25) is 4.79 Å². The van der Waals surface area contributed by atoms with Gasteiger partial charge in [0.2, 0.25) is 0 Å². The number of rotatable bonds is 3. The van der Waals surface area contributed by atoms with Crippen LogP contribution in [0.15, 0.2) is 18.5 Å². The Morgan fingerprint density at radius 1 is 1.31 bits per heavy atom. The van der Waals surface area contributed by atoms with E-state index in [9.17, 15) is 4.79 Å². The third-order valence-electron chi connectivity index (χ3n) is 2.00. The number of hydrogen-bond donors (Lipinski definition) is 0. The lowest BCUT2D eigenvalue weighted by molar-refractivity contribution is -0.104. The number of nitrogens with zero attached hydrogens (tertiary/aromatic N) is 2. The third kappa shape index (κ3) is 1.99. The summed E-state index contributed by atoms with van der Waals surface area (Å²) < 4.78 is 0. The second kappa shape index (κ2) is 3.47. The Morgan fingerprint density at radius 3 is 2.54 bits per heavy atom. The molecule has 1 saturated carbocycles. The van der Waals surface area contributed by atoms with Crippen molar-refractivity contribution in [3.8, 4) is 0 Å². The Hall–Kier alpha value is -1.51. The maximum Gasteiger partial charge on any atom is 0.142 e. The summed E-state index contributed by atoms with van der Waals surface area (Å²) in [5, 5.41) is 0. The molecule has 1 heterocycles. The summed E-state index contributed by atoms with van der Waals surface area (Å²) >= 11 is 0. The van der Waals surface area contributed by atoms with Gasteiger partial charge < -0.3 is 0 Å². The van der Waals surface area contributed by atoms with Gasteiger partial charge in [-0.25, -0.2) is 9.97 Å². The highest BCUT2D eigenvalue weighted by molar-refractivity contribution is 5.73. The molecule has 3 nitrogen and oxygen atoms in total. The molecule has 1 aliphatic carbocycles. The molecule has 1 aromatic rings. The van der Waals surface area contributed by atoms with Gasteiger partial charge in [0.25, 0.3) is 0 Å². The van der Waals surface area contributed by atoms with Crippen LogP contribution in [0.2, 0.25) is 0 Å². The quantitative estimate of drug-likeness (QED) is 0.516. The Morgan fingerprint density at radius 2 is 2.00 bits per heavy atom. The molecule has 2 rings (SSSR count). The van der Waals surface area contributed by atoms with Crippen molar-refractivity contribution in [2.24, 2.45) is 0 Å². The Balaban J connectivity index is 2.12. The van der Waals surface area contributed by atoms with Gasteiger partial charge in [0.1, 0.15) is 12.1 Å². The van der Waals surface area contributed by atoms with Crippen LogP contribution in [0.25, 0.3) is 6.08 Å². The van der Waals surface area contributed by atoms with Crippen LogP contribution in [-0.2, 0) is 4.79 Å². The Kier molecular flexibility index (Phi) is 2.17. The van der Waals surface area contributed by atoms with Crippen LogP contribution in [0.4, 0.5) is 0 Å². The lowest BCUT2D eigenvalue weighted by atomic mass is 10.3. The van der Waals surface area contributed by atoms with Crippen molar-refractivity contribution in [1.82, 2.24) is 9.97 Å². The van der Waals surface area contributed by atoms with Gasteiger partial charge in [-0.05, 0) is 25.0 Å². The first-order valence-electron chi connectivity index (χ1n) is 4.34.